The fourth-order valence-corrected chi connectivity index (χ4v) is 1.53. The van der Waals surface area contributed by atoms with E-state index in [1.165, 1.54) is 7.11 Å². The van der Waals surface area contributed by atoms with E-state index in [4.69, 9.17) is 10.5 Å². The van der Waals surface area contributed by atoms with Crippen molar-refractivity contribution in [3.05, 3.63) is 23.3 Å². The van der Waals surface area contributed by atoms with Crippen molar-refractivity contribution >= 4 is 11.7 Å². The lowest BCUT2D eigenvalue weighted by molar-refractivity contribution is -0.139. The van der Waals surface area contributed by atoms with Crippen LogP contribution >= 0.6 is 0 Å². The molecule has 0 bridgehead atoms. The first-order valence-corrected chi connectivity index (χ1v) is 4.58. The minimum Gasteiger partial charge on any atom is -0.496 e. The van der Waals surface area contributed by atoms with Gasteiger partial charge in [0.2, 0.25) is 0 Å². The van der Waals surface area contributed by atoms with Gasteiger partial charge in [0.1, 0.15) is 5.75 Å². The van der Waals surface area contributed by atoms with Gasteiger partial charge in [0.05, 0.1) is 20.6 Å². The highest BCUT2D eigenvalue weighted by atomic mass is 16.5. The third-order valence-corrected chi connectivity index (χ3v) is 2.14. The maximum absolute atomic E-state index is 11.2. The summed E-state index contributed by atoms with van der Waals surface area (Å²) in [5, 5.41) is 0. The fourth-order valence-electron chi connectivity index (χ4n) is 1.53. The lowest BCUT2D eigenvalue weighted by Crippen LogP contribution is -2.07. The molecule has 1 rings (SSSR count). The zero-order valence-corrected chi connectivity index (χ0v) is 9.16. The Morgan fingerprint density at radius 2 is 2.07 bits per heavy atom. The third kappa shape index (κ3) is 2.62. The van der Waals surface area contributed by atoms with Crippen molar-refractivity contribution in [2.75, 3.05) is 20.0 Å². The Labute approximate surface area is 89.0 Å². The maximum atomic E-state index is 11.2. The molecular weight excluding hydrogens is 194 g/mol. The van der Waals surface area contributed by atoms with Crippen molar-refractivity contribution in [1.82, 2.24) is 0 Å². The maximum Gasteiger partial charge on any atom is 0.310 e. The second kappa shape index (κ2) is 4.68. The van der Waals surface area contributed by atoms with E-state index in [2.05, 4.69) is 4.74 Å². The van der Waals surface area contributed by atoms with E-state index in [9.17, 15) is 4.79 Å². The van der Waals surface area contributed by atoms with Gasteiger partial charge in [0.15, 0.2) is 0 Å². The highest BCUT2D eigenvalue weighted by Gasteiger charge is 2.11. The Morgan fingerprint density at radius 1 is 1.40 bits per heavy atom. The summed E-state index contributed by atoms with van der Waals surface area (Å²) >= 11 is 0. The highest BCUT2D eigenvalue weighted by Crippen LogP contribution is 2.26. The number of rotatable bonds is 3. The molecule has 4 heteroatoms. The third-order valence-electron chi connectivity index (χ3n) is 2.14. The minimum atomic E-state index is -0.307. The van der Waals surface area contributed by atoms with Crippen LogP contribution in [0.1, 0.15) is 11.1 Å². The van der Waals surface area contributed by atoms with E-state index in [1.54, 1.807) is 19.2 Å². The van der Waals surface area contributed by atoms with E-state index < -0.39 is 0 Å². The Kier molecular flexibility index (Phi) is 3.55. The largest absolute Gasteiger partial charge is 0.496 e. The minimum absolute atomic E-state index is 0.172. The molecule has 82 valence electrons. The molecule has 0 aliphatic rings. The van der Waals surface area contributed by atoms with Gasteiger partial charge in [-0.25, -0.2) is 0 Å². The molecule has 0 amide bonds. The summed E-state index contributed by atoms with van der Waals surface area (Å²) < 4.78 is 9.81. The van der Waals surface area contributed by atoms with Crippen molar-refractivity contribution in [2.24, 2.45) is 0 Å². The quantitative estimate of drug-likeness (QED) is 0.602. The number of hydrogen-bond donors (Lipinski definition) is 1. The molecule has 4 nitrogen and oxygen atoms in total. The summed E-state index contributed by atoms with van der Waals surface area (Å²) in [6, 6.07) is 3.53. The molecule has 0 fully saturated rings. The average molecular weight is 209 g/mol. The van der Waals surface area contributed by atoms with Crippen molar-refractivity contribution in [2.45, 2.75) is 13.3 Å². The van der Waals surface area contributed by atoms with Crippen LogP contribution in [0.4, 0.5) is 5.69 Å². The Bertz CT molecular complexity index is 374. The second-order valence-corrected chi connectivity index (χ2v) is 3.28. The van der Waals surface area contributed by atoms with Crippen LogP contribution < -0.4 is 10.5 Å². The number of nitrogens with two attached hydrogens (primary N) is 1. The predicted octanol–water partition coefficient (Wildman–Crippen LogP) is 1.30. The summed E-state index contributed by atoms with van der Waals surface area (Å²) in [7, 11) is 2.92. The smallest absolute Gasteiger partial charge is 0.310 e. The number of anilines is 1. The molecule has 2 N–H and O–H groups in total. The number of ether oxygens (including phenoxy) is 2. The molecular formula is C11H15NO3. The van der Waals surface area contributed by atoms with Gasteiger partial charge in [0, 0.05) is 11.3 Å². The predicted molar refractivity (Wildman–Crippen MR) is 57.9 cm³/mol. The number of carbonyl (C=O) groups is 1. The summed E-state index contributed by atoms with van der Waals surface area (Å²) in [6.07, 6.45) is 0.172. The SMILES string of the molecule is COC(=O)Cc1cc(N)cc(C)c1OC. The van der Waals surface area contributed by atoms with Crippen LogP contribution in [0.3, 0.4) is 0 Å². The van der Waals surface area contributed by atoms with Crippen LogP contribution in [0.2, 0.25) is 0 Å². The van der Waals surface area contributed by atoms with E-state index in [0.717, 1.165) is 11.1 Å². The highest BCUT2D eigenvalue weighted by molar-refractivity contribution is 5.74. The van der Waals surface area contributed by atoms with Crippen LogP contribution in [0.5, 0.6) is 5.75 Å². The molecule has 15 heavy (non-hydrogen) atoms. The number of nitrogen functional groups attached to an aromatic ring is 1. The first kappa shape index (κ1) is 11.4. The normalized spacial score (nSPS) is 9.80. The number of methoxy groups -OCH3 is 2. The van der Waals surface area contributed by atoms with E-state index in [1.807, 2.05) is 6.92 Å². The Balaban J connectivity index is 3.09. The van der Waals surface area contributed by atoms with Crippen molar-refractivity contribution in [3.63, 3.8) is 0 Å². The van der Waals surface area contributed by atoms with Crippen molar-refractivity contribution < 1.29 is 14.3 Å². The number of benzene rings is 1. The standard InChI is InChI=1S/C11H15NO3/c1-7-4-9(12)5-8(11(7)15-3)6-10(13)14-2/h4-5H,6,12H2,1-3H3. The molecule has 0 radical (unpaired) electrons. The first-order valence-electron chi connectivity index (χ1n) is 4.58. The number of hydrogen-bond acceptors (Lipinski definition) is 4. The number of carbonyl (C=O) groups excluding carboxylic acids is 1. The lowest BCUT2D eigenvalue weighted by atomic mass is 10.1. The number of esters is 1. The van der Waals surface area contributed by atoms with Crippen LogP contribution in [0.15, 0.2) is 12.1 Å². The number of aryl methyl sites for hydroxylation is 1. The Hall–Kier alpha value is -1.71. The monoisotopic (exact) mass is 209 g/mol. The van der Waals surface area contributed by atoms with Gasteiger partial charge >= 0.3 is 5.97 Å². The summed E-state index contributed by atoms with van der Waals surface area (Å²) in [5.74, 6) is 0.382. The summed E-state index contributed by atoms with van der Waals surface area (Å²) in [6.45, 7) is 1.88. The molecule has 1 aromatic carbocycles. The molecule has 0 saturated heterocycles. The van der Waals surface area contributed by atoms with Gasteiger partial charge in [-0.3, -0.25) is 4.79 Å². The molecule has 0 aliphatic heterocycles. The second-order valence-electron chi connectivity index (χ2n) is 3.28. The molecule has 0 aliphatic carbocycles. The summed E-state index contributed by atoms with van der Waals surface area (Å²) in [5.41, 5.74) is 7.98. The van der Waals surface area contributed by atoms with Gasteiger partial charge < -0.3 is 15.2 Å². The van der Waals surface area contributed by atoms with Gasteiger partial charge in [-0.15, -0.1) is 0 Å². The van der Waals surface area contributed by atoms with Crippen LogP contribution in [0, 0.1) is 6.92 Å². The molecule has 0 heterocycles. The van der Waals surface area contributed by atoms with Gasteiger partial charge in [-0.2, -0.15) is 0 Å². The van der Waals surface area contributed by atoms with Crippen LogP contribution in [0.25, 0.3) is 0 Å². The van der Waals surface area contributed by atoms with Gasteiger partial charge in [0.25, 0.3) is 0 Å². The molecule has 0 aromatic heterocycles. The average Bonchev–Trinajstić information content (AvgIpc) is 2.17. The fraction of sp³-hybridized carbons (Fsp3) is 0.364. The van der Waals surface area contributed by atoms with Crippen molar-refractivity contribution in [3.8, 4) is 5.75 Å². The van der Waals surface area contributed by atoms with E-state index >= 15 is 0 Å². The lowest BCUT2D eigenvalue weighted by Gasteiger charge is -2.11. The van der Waals surface area contributed by atoms with Crippen molar-refractivity contribution in [1.29, 1.82) is 0 Å². The molecule has 0 atom stereocenters. The molecule has 0 spiro atoms. The van der Waals surface area contributed by atoms with E-state index in [-0.39, 0.29) is 12.4 Å². The topological polar surface area (TPSA) is 61.5 Å². The van der Waals surface area contributed by atoms with Crippen LogP contribution in [-0.4, -0.2) is 20.2 Å². The van der Waals surface area contributed by atoms with Crippen LogP contribution in [-0.2, 0) is 16.0 Å². The molecule has 0 saturated carbocycles. The van der Waals surface area contributed by atoms with Gasteiger partial charge in [-0.05, 0) is 24.6 Å². The molecule has 1 aromatic rings. The molecule has 0 unspecified atom stereocenters. The Morgan fingerprint density at radius 3 is 2.60 bits per heavy atom. The van der Waals surface area contributed by atoms with Gasteiger partial charge in [-0.1, -0.05) is 0 Å². The zero-order chi connectivity index (χ0) is 11.4. The van der Waals surface area contributed by atoms with E-state index in [0.29, 0.717) is 11.4 Å². The zero-order valence-electron chi connectivity index (χ0n) is 9.16. The summed E-state index contributed by atoms with van der Waals surface area (Å²) in [4.78, 5) is 11.2. The first-order chi connectivity index (χ1) is 7.08.